The standard InChI is InChI=1S/C16H13NOS/c1-11-9-19-10-14(11)16(18)8-12-6-7-17-15-5-3-2-4-13(12)15/h2-7,9-10H,8H2,1H3. The number of rotatable bonds is 3. The summed E-state index contributed by atoms with van der Waals surface area (Å²) in [4.78, 5) is 16.6. The summed E-state index contributed by atoms with van der Waals surface area (Å²) in [6.07, 6.45) is 2.20. The van der Waals surface area contributed by atoms with Gasteiger partial charge in [-0.2, -0.15) is 11.3 Å². The van der Waals surface area contributed by atoms with Crippen molar-refractivity contribution in [2.45, 2.75) is 13.3 Å². The molecule has 19 heavy (non-hydrogen) atoms. The Kier molecular flexibility index (Phi) is 3.13. The van der Waals surface area contributed by atoms with Crippen LogP contribution in [0.3, 0.4) is 0 Å². The Bertz CT molecular complexity index is 740. The smallest absolute Gasteiger partial charge is 0.168 e. The lowest BCUT2D eigenvalue weighted by molar-refractivity contribution is 0.0993. The van der Waals surface area contributed by atoms with Gasteiger partial charge in [0.1, 0.15) is 0 Å². The zero-order valence-electron chi connectivity index (χ0n) is 10.6. The highest BCUT2D eigenvalue weighted by atomic mass is 32.1. The third-order valence-electron chi connectivity index (χ3n) is 3.25. The van der Waals surface area contributed by atoms with Gasteiger partial charge in [-0.05, 0) is 35.6 Å². The third kappa shape index (κ3) is 2.29. The first-order valence-electron chi connectivity index (χ1n) is 6.14. The Morgan fingerprint density at radius 3 is 2.84 bits per heavy atom. The second-order valence-corrected chi connectivity index (χ2v) is 5.30. The SMILES string of the molecule is Cc1cscc1C(=O)Cc1ccnc2ccccc12. The van der Waals surface area contributed by atoms with E-state index in [2.05, 4.69) is 4.98 Å². The molecule has 0 aliphatic rings. The van der Waals surface area contributed by atoms with Gasteiger partial charge in [0.15, 0.2) is 5.78 Å². The molecule has 3 aromatic rings. The molecule has 0 saturated heterocycles. The van der Waals surface area contributed by atoms with Crippen molar-refractivity contribution in [3.8, 4) is 0 Å². The minimum absolute atomic E-state index is 0.176. The topological polar surface area (TPSA) is 30.0 Å². The lowest BCUT2D eigenvalue weighted by Gasteiger charge is -2.05. The molecule has 2 aromatic heterocycles. The van der Waals surface area contributed by atoms with Gasteiger partial charge in [-0.25, -0.2) is 0 Å². The summed E-state index contributed by atoms with van der Waals surface area (Å²) in [5.41, 5.74) is 3.88. The van der Waals surface area contributed by atoms with Gasteiger partial charge >= 0.3 is 0 Å². The number of aryl methyl sites for hydroxylation is 1. The van der Waals surface area contributed by atoms with Crippen molar-refractivity contribution >= 4 is 28.0 Å². The first kappa shape index (κ1) is 12.1. The van der Waals surface area contributed by atoms with E-state index in [9.17, 15) is 4.79 Å². The van der Waals surface area contributed by atoms with Crippen LogP contribution >= 0.6 is 11.3 Å². The lowest BCUT2D eigenvalue weighted by Crippen LogP contribution is -2.04. The Balaban J connectivity index is 1.98. The monoisotopic (exact) mass is 267 g/mol. The van der Waals surface area contributed by atoms with Crippen molar-refractivity contribution in [1.82, 2.24) is 4.98 Å². The Labute approximate surface area is 115 Å². The van der Waals surface area contributed by atoms with Crippen molar-refractivity contribution in [3.63, 3.8) is 0 Å². The number of hydrogen-bond acceptors (Lipinski definition) is 3. The normalized spacial score (nSPS) is 10.8. The van der Waals surface area contributed by atoms with Crippen molar-refractivity contribution in [3.05, 3.63) is 64.0 Å². The van der Waals surface area contributed by atoms with Gasteiger partial charge in [0.05, 0.1) is 5.52 Å². The molecule has 1 aromatic carbocycles. The summed E-state index contributed by atoms with van der Waals surface area (Å²) in [5.74, 6) is 0.176. The first-order valence-corrected chi connectivity index (χ1v) is 7.08. The number of pyridine rings is 1. The molecule has 3 rings (SSSR count). The van der Waals surface area contributed by atoms with Crippen LogP contribution in [0, 0.1) is 6.92 Å². The molecule has 0 fully saturated rings. The van der Waals surface area contributed by atoms with Gasteiger partial charge < -0.3 is 0 Å². The first-order chi connectivity index (χ1) is 9.25. The molecule has 0 bridgehead atoms. The Morgan fingerprint density at radius 1 is 1.21 bits per heavy atom. The van der Waals surface area contributed by atoms with Crippen molar-refractivity contribution in [2.24, 2.45) is 0 Å². The van der Waals surface area contributed by atoms with Gasteiger partial charge in [-0.1, -0.05) is 18.2 Å². The molecule has 0 amide bonds. The van der Waals surface area contributed by atoms with E-state index in [-0.39, 0.29) is 5.78 Å². The van der Waals surface area contributed by atoms with Crippen molar-refractivity contribution in [2.75, 3.05) is 0 Å². The van der Waals surface area contributed by atoms with Crippen LogP contribution in [0.25, 0.3) is 10.9 Å². The molecular formula is C16H13NOS. The number of nitrogens with zero attached hydrogens (tertiary/aromatic N) is 1. The number of carbonyl (C=O) groups excluding carboxylic acids is 1. The minimum atomic E-state index is 0.176. The highest BCUT2D eigenvalue weighted by Crippen LogP contribution is 2.20. The van der Waals surface area contributed by atoms with Crippen molar-refractivity contribution < 1.29 is 4.79 Å². The molecular weight excluding hydrogens is 254 g/mol. The predicted octanol–water partition coefficient (Wildman–Crippen LogP) is 4.03. The number of Topliss-reactive ketones (excluding diaryl/α,β-unsaturated/α-hetero) is 1. The fraction of sp³-hybridized carbons (Fsp3) is 0.125. The van der Waals surface area contributed by atoms with E-state index in [1.54, 1.807) is 17.5 Å². The molecule has 0 unspecified atom stereocenters. The molecule has 0 aliphatic carbocycles. The summed E-state index contributed by atoms with van der Waals surface area (Å²) >= 11 is 1.58. The maximum atomic E-state index is 12.3. The second-order valence-electron chi connectivity index (χ2n) is 4.56. The highest BCUT2D eigenvalue weighted by molar-refractivity contribution is 7.08. The largest absolute Gasteiger partial charge is 0.294 e. The van der Waals surface area contributed by atoms with E-state index in [0.717, 1.165) is 27.6 Å². The average molecular weight is 267 g/mol. The molecule has 2 heterocycles. The van der Waals surface area contributed by atoms with Gasteiger partial charge in [0.2, 0.25) is 0 Å². The number of thiophene rings is 1. The van der Waals surface area contributed by atoms with E-state index >= 15 is 0 Å². The van der Waals surface area contributed by atoms with E-state index in [0.29, 0.717) is 6.42 Å². The Hall–Kier alpha value is -2.00. The van der Waals surface area contributed by atoms with Crippen LogP contribution in [0.4, 0.5) is 0 Å². The van der Waals surface area contributed by atoms with Crippen LogP contribution in [0.15, 0.2) is 47.3 Å². The van der Waals surface area contributed by atoms with Crippen LogP contribution < -0.4 is 0 Å². The van der Waals surface area contributed by atoms with Gasteiger partial charge in [0.25, 0.3) is 0 Å². The van der Waals surface area contributed by atoms with E-state index < -0.39 is 0 Å². The fourth-order valence-electron chi connectivity index (χ4n) is 2.22. The minimum Gasteiger partial charge on any atom is -0.294 e. The summed E-state index contributed by atoms with van der Waals surface area (Å²) < 4.78 is 0. The number of hydrogen-bond donors (Lipinski definition) is 0. The molecule has 0 radical (unpaired) electrons. The predicted molar refractivity (Wildman–Crippen MR) is 78.8 cm³/mol. The molecule has 0 saturated carbocycles. The lowest BCUT2D eigenvalue weighted by atomic mass is 10.00. The van der Waals surface area contributed by atoms with Gasteiger partial charge in [0, 0.05) is 28.9 Å². The van der Waals surface area contributed by atoms with Crippen LogP contribution in [0.1, 0.15) is 21.5 Å². The molecule has 2 nitrogen and oxygen atoms in total. The van der Waals surface area contributed by atoms with Gasteiger partial charge in [-0.3, -0.25) is 9.78 Å². The molecule has 0 atom stereocenters. The number of carbonyl (C=O) groups is 1. The van der Waals surface area contributed by atoms with Crippen LogP contribution in [0.2, 0.25) is 0 Å². The molecule has 0 N–H and O–H groups in total. The average Bonchev–Trinajstić information content (AvgIpc) is 2.85. The Morgan fingerprint density at radius 2 is 2.05 bits per heavy atom. The number of benzene rings is 1. The third-order valence-corrected chi connectivity index (χ3v) is 4.11. The summed E-state index contributed by atoms with van der Waals surface area (Å²) in [7, 11) is 0. The second kappa shape index (κ2) is 4.94. The zero-order valence-corrected chi connectivity index (χ0v) is 11.4. The molecule has 0 aliphatic heterocycles. The van der Waals surface area contributed by atoms with E-state index in [1.807, 2.05) is 48.0 Å². The maximum Gasteiger partial charge on any atom is 0.168 e. The quantitative estimate of drug-likeness (QED) is 0.671. The highest BCUT2D eigenvalue weighted by Gasteiger charge is 2.12. The fourth-order valence-corrected chi connectivity index (χ4v) is 3.08. The van der Waals surface area contributed by atoms with Crippen LogP contribution in [-0.4, -0.2) is 10.8 Å². The summed E-state index contributed by atoms with van der Waals surface area (Å²) in [5, 5.41) is 5.00. The van der Waals surface area contributed by atoms with Crippen LogP contribution in [0.5, 0.6) is 0 Å². The summed E-state index contributed by atoms with van der Waals surface area (Å²) in [6, 6.07) is 9.87. The zero-order chi connectivity index (χ0) is 13.2. The molecule has 0 spiro atoms. The number of aromatic nitrogens is 1. The van der Waals surface area contributed by atoms with Gasteiger partial charge in [-0.15, -0.1) is 0 Å². The summed E-state index contributed by atoms with van der Waals surface area (Å²) in [6.45, 7) is 1.98. The number of fused-ring (bicyclic) bond motifs is 1. The number of ketones is 1. The molecule has 3 heteroatoms. The number of para-hydroxylation sites is 1. The van der Waals surface area contributed by atoms with Crippen molar-refractivity contribution in [1.29, 1.82) is 0 Å². The van der Waals surface area contributed by atoms with E-state index in [1.165, 1.54) is 0 Å². The molecule has 94 valence electrons. The van der Waals surface area contributed by atoms with Crippen LogP contribution in [-0.2, 0) is 6.42 Å². The maximum absolute atomic E-state index is 12.3. The van der Waals surface area contributed by atoms with E-state index in [4.69, 9.17) is 0 Å².